The van der Waals surface area contributed by atoms with Crippen molar-refractivity contribution in [3.63, 3.8) is 0 Å². The maximum atomic E-state index is 12.5. The molecule has 0 bridgehead atoms. The van der Waals surface area contributed by atoms with Crippen LogP contribution in [-0.4, -0.2) is 58.8 Å². The van der Waals surface area contributed by atoms with Gasteiger partial charge in [0, 0.05) is 43.9 Å². The van der Waals surface area contributed by atoms with E-state index in [0.717, 1.165) is 55.7 Å². The molecule has 1 unspecified atom stereocenters. The number of rotatable bonds is 6. The maximum absolute atomic E-state index is 12.5. The van der Waals surface area contributed by atoms with Gasteiger partial charge < -0.3 is 20.6 Å². The van der Waals surface area contributed by atoms with Crippen LogP contribution in [0.3, 0.4) is 0 Å². The lowest BCUT2D eigenvalue weighted by Crippen LogP contribution is -2.40. The summed E-state index contributed by atoms with van der Waals surface area (Å²) in [6.45, 7) is 4.88. The number of aromatic amines is 1. The summed E-state index contributed by atoms with van der Waals surface area (Å²) in [7, 11) is 0. The van der Waals surface area contributed by atoms with Gasteiger partial charge in [-0.15, -0.1) is 24.8 Å². The molecule has 1 saturated heterocycles. The third kappa shape index (κ3) is 5.95. The Morgan fingerprint density at radius 1 is 1.23 bits per heavy atom. The second kappa shape index (κ2) is 11.7. The maximum Gasteiger partial charge on any atom is 0.272 e. The van der Waals surface area contributed by atoms with E-state index in [1.807, 2.05) is 30.3 Å². The number of amides is 1. The lowest BCUT2D eigenvalue weighted by molar-refractivity contribution is 0.0849. The Balaban J connectivity index is 0.00000160. The van der Waals surface area contributed by atoms with Gasteiger partial charge in [-0.3, -0.25) is 9.89 Å². The topological polar surface area (TPSA) is 93.3 Å². The van der Waals surface area contributed by atoms with Crippen LogP contribution in [0.2, 0.25) is 0 Å². The van der Waals surface area contributed by atoms with Gasteiger partial charge in [0.05, 0.1) is 6.10 Å². The molecule has 4 rings (SSSR count). The highest BCUT2D eigenvalue weighted by Crippen LogP contribution is 2.21. The van der Waals surface area contributed by atoms with Crippen molar-refractivity contribution >= 4 is 30.7 Å². The predicted molar refractivity (Wildman–Crippen MR) is 121 cm³/mol. The molecule has 2 aromatic rings. The SMILES string of the molecule is Cl.Cl.O=C(NCC1CCN(CC(O)c2ccccc2)CC1)c1n[nH]c2c1CNCC2. The first-order valence-corrected chi connectivity index (χ1v) is 10.2. The number of fused-ring (bicyclic) bond motifs is 1. The number of nitrogens with zero attached hydrogens (tertiary/aromatic N) is 2. The molecule has 2 aliphatic heterocycles. The Bertz CT molecular complexity index is 794. The average molecular weight is 456 g/mol. The molecule has 30 heavy (non-hydrogen) atoms. The van der Waals surface area contributed by atoms with Crippen LogP contribution in [0.25, 0.3) is 0 Å². The molecule has 7 nitrogen and oxygen atoms in total. The summed E-state index contributed by atoms with van der Waals surface area (Å²) in [5.74, 6) is 0.394. The van der Waals surface area contributed by atoms with Crippen molar-refractivity contribution in [1.82, 2.24) is 25.7 Å². The number of carbonyl (C=O) groups excluding carboxylic acids is 1. The normalized spacial score (nSPS) is 17.9. The number of H-pyrrole nitrogens is 1. The van der Waals surface area contributed by atoms with Crippen LogP contribution >= 0.6 is 24.8 Å². The predicted octanol–water partition coefficient (Wildman–Crippen LogP) is 2.07. The molecule has 166 valence electrons. The standard InChI is InChI=1S/C21H29N5O2.2ClH/c27-19(16-4-2-1-3-5-16)14-26-10-7-15(8-11-26)12-23-21(28)20-17-13-22-9-6-18(17)24-25-20;;/h1-5,15,19,22,27H,6-14H2,(H,23,28)(H,24,25);2*1H. The van der Waals surface area contributed by atoms with Gasteiger partial charge in [0.2, 0.25) is 0 Å². The number of likely N-dealkylation sites (tertiary alicyclic amines) is 1. The van der Waals surface area contributed by atoms with Gasteiger partial charge in [-0.05, 0) is 37.4 Å². The third-order valence-electron chi connectivity index (χ3n) is 5.90. The number of hydrogen-bond acceptors (Lipinski definition) is 5. The number of halogens is 2. The summed E-state index contributed by atoms with van der Waals surface area (Å²) in [5, 5.41) is 24.0. The molecule has 0 radical (unpaired) electrons. The summed E-state index contributed by atoms with van der Waals surface area (Å²) < 4.78 is 0. The Morgan fingerprint density at radius 3 is 2.70 bits per heavy atom. The highest BCUT2D eigenvalue weighted by Gasteiger charge is 2.24. The molecule has 0 spiro atoms. The fourth-order valence-electron chi connectivity index (χ4n) is 4.13. The third-order valence-corrected chi connectivity index (χ3v) is 5.90. The Hall–Kier alpha value is -1.64. The molecule has 1 amide bonds. The minimum atomic E-state index is -0.447. The van der Waals surface area contributed by atoms with E-state index in [1.165, 1.54) is 0 Å². The van der Waals surface area contributed by atoms with E-state index in [4.69, 9.17) is 0 Å². The van der Waals surface area contributed by atoms with Crippen molar-refractivity contribution in [2.75, 3.05) is 32.7 Å². The quantitative estimate of drug-likeness (QED) is 0.534. The molecule has 4 N–H and O–H groups in total. The first kappa shape index (κ1) is 24.6. The van der Waals surface area contributed by atoms with E-state index in [0.29, 0.717) is 31.2 Å². The van der Waals surface area contributed by atoms with E-state index in [2.05, 4.69) is 25.7 Å². The number of hydrogen-bond donors (Lipinski definition) is 4. The zero-order valence-electron chi connectivity index (χ0n) is 17.0. The molecular formula is C21H31Cl2N5O2. The number of nitrogens with one attached hydrogen (secondary N) is 3. The zero-order valence-corrected chi connectivity index (χ0v) is 18.6. The monoisotopic (exact) mass is 455 g/mol. The summed E-state index contributed by atoms with van der Waals surface area (Å²) >= 11 is 0. The molecule has 1 aromatic carbocycles. The summed E-state index contributed by atoms with van der Waals surface area (Å²) in [6.07, 6.45) is 2.50. The number of aliphatic hydroxyl groups is 1. The second-order valence-corrected chi connectivity index (χ2v) is 7.84. The first-order chi connectivity index (χ1) is 13.7. The molecule has 2 aliphatic rings. The fourth-order valence-corrected chi connectivity index (χ4v) is 4.13. The Labute approximate surface area is 189 Å². The van der Waals surface area contributed by atoms with Crippen molar-refractivity contribution in [2.45, 2.75) is 31.9 Å². The zero-order chi connectivity index (χ0) is 19.3. The van der Waals surface area contributed by atoms with Crippen molar-refractivity contribution in [3.8, 4) is 0 Å². The number of aliphatic hydroxyl groups excluding tert-OH is 1. The van der Waals surface area contributed by atoms with Gasteiger partial charge in [0.1, 0.15) is 0 Å². The smallest absolute Gasteiger partial charge is 0.272 e. The van der Waals surface area contributed by atoms with E-state index in [1.54, 1.807) is 0 Å². The van der Waals surface area contributed by atoms with E-state index in [9.17, 15) is 9.90 Å². The second-order valence-electron chi connectivity index (χ2n) is 7.84. The van der Waals surface area contributed by atoms with E-state index in [-0.39, 0.29) is 30.7 Å². The van der Waals surface area contributed by atoms with E-state index >= 15 is 0 Å². The van der Waals surface area contributed by atoms with E-state index < -0.39 is 6.10 Å². The lowest BCUT2D eigenvalue weighted by atomic mass is 9.96. The lowest BCUT2D eigenvalue weighted by Gasteiger charge is -2.33. The number of carbonyl (C=O) groups is 1. The summed E-state index contributed by atoms with van der Waals surface area (Å²) in [5.41, 5.74) is 3.59. The summed E-state index contributed by atoms with van der Waals surface area (Å²) in [6, 6.07) is 9.82. The van der Waals surface area contributed by atoms with Crippen LogP contribution < -0.4 is 10.6 Å². The summed E-state index contributed by atoms with van der Waals surface area (Å²) in [4.78, 5) is 14.8. The van der Waals surface area contributed by atoms with Crippen LogP contribution in [0.15, 0.2) is 30.3 Å². The number of benzene rings is 1. The fraction of sp³-hybridized carbons (Fsp3) is 0.524. The molecular weight excluding hydrogens is 425 g/mol. The molecule has 0 aliphatic carbocycles. The van der Waals surface area contributed by atoms with Gasteiger partial charge in [-0.25, -0.2) is 0 Å². The highest BCUT2D eigenvalue weighted by molar-refractivity contribution is 5.94. The van der Waals surface area contributed by atoms with Gasteiger partial charge in [-0.1, -0.05) is 30.3 Å². The van der Waals surface area contributed by atoms with Crippen LogP contribution in [0, 0.1) is 5.92 Å². The van der Waals surface area contributed by atoms with Gasteiger partial charge >= 0.3 is 0 Å². The molecule has 9 heteroatoms. The first-order valence-electron chi connectivity index (χ1n) is 10.2. The van der Waals surface area contributed by atoms with Crippen LogP contribution in [0.4, 0.5) is 0 Å². The molecule has 0 saturated carbocycles. The molecule has 1 atom stereocenters. The number of piperidine rings is 1. The molecule has 3 heterocycles. The van der Waals surface area contributed by atoms with Gasteiger partial charge in [0.25, 0.3) is 5.91 Å². The van der Waals surface area contributed by atoms with Gasteiger partial charge in [-0.2, -0.15) is 5.10 Å². The van der Waals surface area contributed by atoms with Crippen molar-refractivity contribution in [1.29, 1.82) is 0 Å². The number of aromatic nitrogens is 2. The van der Waals surface area contributed by atoms with Crippen LogP contribution in [0.5, 0.6) is 0 Å². The van der Waals surface area contributed by atoms with Crippen LogP contribution in [-0.2, 0) is 13.0 Å². The Morgan fingerprint density at radius 2 is 1.97 bits per heavy atom. The molecule has 1 aromatic heterocycles. The molecule has 1 fully saturated rings. The minimum absolute atomic E-state index is 0. The van der Waals surface area contributed by atoms with Crippen molar-refractivity contribution < 1.29 is 9.90 Å². The van der Waals surface area contributed by atoms with Crippen molar-refractivity contribution in [3.05, 3.63) is 52.8 Å². The minimum Gasteiger partial charge on any atom is -0.387 e. The highest BCUT2D eigenvalue weighted by atomic mass is 35.5. The van der Waals surface area contributed by atoms with Crippen LogP contribution in [0.1, 0.15) is 46.3 Å². The average Bonchev–Trinajstić information content (AvgIpc) is 3.18. The van der Waals surface area contributed by atoms with Gasteiger partial charge in [0.15, 0.2) is 5.69 Å². The Kier molecular flexibility index (Phi) is 9.58. The van der Waals surface area contributed by atoms with Crippen molar-refractivity contribution in [2.24, 2.45) is 5.92 Å². The number of β-amino-alcohol motifs (C(OH)–C–C–N with tert-alkyl or cyclic N) is 1. The largest absolute Gasteiger partial charge is 0.387 e.